The van der Waals surface area contributed by atoms with Crippen LogP contribution in [0.4, 0.5) is 0 Å². The van der Waals surface area contributed by atoms with Crippen molar-refractivity contribution in [1.82, 2.24) is 0 Å². The van der Waals surface area contributed by atoms with Gasteiger partial charge in [0.15, 0.2) is 0 Å². The van der Waals surface area contributed by atoms with Gasteiger partial charge in [-0.2, -0.15) is 11.1 Å². The summed E-state index contributed by atoms with van der Waals surface area (Å²) in [5.74, 6) is 0. The molecule has 1 N–H and O–H groups in total. The van der Waals surface area contributed by atoms with E-state index in [0.29, 0.717) is 6.61 Å². The summed E-state index contributed by atoms with van der Waals surface area (Å²) in [6.45, 7) is 4.85. The molecule has 0 saturated carbocycles. The highest BCUT2D eigenvalue weighted by Crippen LogP contribution is 2.19. The second-order valence-corrected chi connectivity index (χ2v) is 13.1. The Hall–Kier alpha value is 0.467. The van der Waals surface area contributed by atoms with Crippen LogP contribution < -0.4 is 0 Å². The molecule has 0 fully saturated rings. The largest absolute Gasteiger partial charge is 0.396 e. The highest BCUT2D eigenvalue weighted by molar-refractivity contribution is 7.19. The summed E-state index contributed by atoms with van der Waals surface area (Å²) in [5, 5.41) is 8.65. The lowest BCUT2D eigenvalue weighted by Crippen LogP contribution is -2.14. The zero-order chi connectivity index (χ0) is 13.7. The molecule has 0 bridgehead atoms. The molecule has 0 saturated heterocycles. The Balaban J connectivity index is 2.99. The van der Waals surface area contributed by atoms with Gasteiger partial charge in [-0.25, -0.2) is 0 Å². The maximum atomic E-state index is 8.65. The standard InChI is InChI=1S/C15H33ClOSi/c1-18(2,16)15-13-11-9-7-5-3-4-6-8-10-12-14-17/h17H,3-15H2,1-2H3. The molecule has 18 heavy (non-hydrogen) atoms. The van der Waals surface area contributed by atoms with Gasteiger partial charge < -0.3 is 5.11 Å². The molecule has 0 amide bonds. The molecule has 110 valence electrons. The fourth-order valence-electron chi connectivity index (χ4n) is 2.25. The summed E-state index contributed by atoms with van der Waals surface area (Å²) in [6.07, 6.45) is 14.5. The smallest absolute Gasteiger partial charge is 0.150 e. The van der Waals surface area contributed by atoms with Gasteiger partial charge in [0.1, 0.15) is 7.38 Å². The molecule has 0 aliphatic carbocycles. The normalized spacial score (nSPS) is 12.0. The third kappa shape index (κ3) is 16.5. The lowest BCUT2D eigenvalue weighted by atomic mass is 10.1. The van der Waals surface area contributed by atoms with Gasteiger partial charge in [-0.15, -0.1) is 0 Å². The first-order valence-electron chi connectivity index (χ1n) is 7.86. The molecule has 0 aromatic heterocycles. The van der Waals surface area contributed by atoms with Crippen LogP contribution >= 0.6 is 11.1 Å². The van der Waals surface area contributed by atoms with Crippen LogP contribution in [0.1, 0.15) is 70.6 Å². The van der Waals surface area contributed by atoms with E-state index in [4.69, 9.17) is 16.2 Å². The second kappa shape index (κ2) is 12.5. The van der Waals surface area contributed by atoms with E-state index in [0.717, 1.165) is 6.42 Å². The van der Waals surface area contributed by atoms with Crippen molar-refractivity contribution in [2.24, 2.45) is 0 Å². The molecule has 0 aromatic rings. The Bertz CT molecular complexity index is 168. The van der Waals surface area contributed by atoms with E-state index in [9.17, 15) is 0 Å². The van der Waals surface area contributed by atoms with E-state index in [1.807, 2.05) is 0 Å². The number of unbranched alkanes of at least 4 members (excludes halogenated alkanes) is 10. The SMILES string of the molecule is C[Si](C)(Cl)CCCCCCCCCCCCCO. The van der Waals surface area contributed by atoms with Gasteiger partial charge in [0.25, 0.3) is 0 Å². The summed E-state index contributed by atoms with van der Waals surface area (Å²) in [4.78, 5) is 0. The first-order valence-corrected chi connectivity index (χ1v) is 12.1. The number of halogens is 1. The zero-order valence-electron chi connectivity index (χ0n) is 12.5. The first-order chi connectivity index (χ1) is 8.56. The van der Waals surface area contributed by atoms with Crippen LogP contribution in [-0.4, -0.2) is 19.1 Å². The van der Waals surface area contributed by atoms with E-state index in [1.54, 1.807) is 0 Å². The average Bonchev–Trinajstić information content (AvgIpc) is 2.29. The topological polar surface area (TPSA) is 20.2 Å². The van der Waals surface area contributed by atoms with Crippen molar-refractivity contribution in [2.75, 3.05) is 6.61 Å². The molecule has 0 atom stereocenters. The molecule has 0 aliphatic heterocycles. The summed E-state index contributed by atoms with van der Waals surface area (Å²) in [5.41, 5.74) is 0. The predicted molar refractivity (Wildman–Crippen MR) is 86.0 cm³/mol. The van der Waals surface area contributed by atoms with Gasteiger partial charge >= 0.3 is 0 Å². The molecule has 0 radical (unpaired) electrons. The van der Waals surface area contributed by atoms with Gasteiger partial charge in [-0.05, 0) is 12.5 Å². The fourth-order valence-corrected chi connectivity index (χ4v) is 3.74. The highest BCUT2D eigenvalue weighted by atomic mass is 35.6. The molecule has 0 heterocycles. The monoisotopic (exact) mass is 292 g/mol. The molecule has 1 nitrogen and oxygen atoms in total. The minimum Gasteiger partial charge on any atom is -0.396 e. The lowest BCUT2D eigenvalue weighted by Gasteiger charge is -2.11. The Labute approximate surface area is 120 Å². The third-order valence-electron chi connectivity index (χ3n) is 3.43. The molecular formula is C15H33ClOSi. The predicted octanol–water partition coefficient (Wildman–Crippen LogP) is 5.71. The number of aliphatic hydroxyl groups is 1. The summed E-state index contributed by atoms with van der Waals surface area (Å²) < 4.78 is 0. The van der Waals surface area contributed by atoms with E-state index in [1.165, 1.54) is 70.3 Å². The van der Waals surface area contributed by atoms with E-state index >= 15 is 0 Å². The third-order valence-corrected chi connectivity index (χ3v) is 5.54. The molecule has 0 rings (SSSR count). The van der Waals surface area contributed by atoms with Crippen molar-refractivity contribution in [3.8, 4) is 0 Å². The molecule has 0 aliphatic rings. The van der Waals surface area contributed by atoms with Gasteiger partial charge in [-0.3, -0.25) is 0 Å². The van der Waals surface area contributed by atoms with Crippen LogP contribution in [0, 0.1) is 0 Å². The first kappa shape index (κ1) is 18.5. The number of rotatable bonds is 13. The Kier molecular flexibility index (Phi) is 12.8. The summed E-state index contributed by atoms with van der Waals surface area (Å²) in [6, 6.07) is 1.28. The summed E-state index contributed by atoms with van der Waals surface area (Å²) >= 11 is 6.29. The van der Waals surface area contributed by atoms with Crippen molar-refractivity contribution >= 4 is 18.5 Å². The zero-order valence-corrected chi connectivity index (χ0v) is 14.3. The van der Waals surface area contributed by atoms with Crippen molar-refractivity contribution in [3.63, 3.8) is 0 Å². The van der Waals surface area contributed by atoms with Crippen molar-refractivity contribution in [3.05, 3.63) is 0 Å². The Morgan fingerprint density at radius 1 is 0.667 bits per heavy atom. The van der Waals surface area contributed by atoms with Crippen LogP contribution in [0.3, 0.4) is 0 Å². The van der Waals surface area contributed by atoms with Crippen LogP contribution in [0.5, 0.6) is 0 Å². The minimum absolute atomic E-state index is 0.363. The van der Waals surface area contributed by atoms with Crippen molar-refractivity contribution in [1.29, 1.82) is 0 Å². The van der Waals surface area contributed by atoms with Crippen LogP contribution in [0.15, 0.2) is 0 Å². The van der Waals surface area contributed by atoms with Crippen LogP contribution in [0.25, 0.3) is 0 Å². The van der Waals surface area contributed by atoms with Gasteiger partial charge in [-0.1, -0.05) is 77.3 Å². The quantitative estimate of drug-likeness (QED) is 0.262. The maximum absolute atomic E-state index is 8.65. The van der Waals surface area contributed by atoms with Crippen LogP contribution in [-0.2, 0) is 0 Å². The average molecular weight is 293 g/mol. The lowest BCUT2D eigenvalue weighted by molar-refractivity contribution is 0.282. The maximum Gasteiger partial charge on any atom is 0.150 e. The molecule has 0 spiro atoms. The van der Waals surface area contributed by atoms with Gasteiger partial charge in [0.2, 0.25) is 0 Å². The number of hydrogen-bond acceptors (Lipinski definition) is 1. The second-order valence-electron chi connectivity index (χ2n) is 6.08. The van der Waals surface area contributed by atoms with E-state index < -0.39 is 7.38 Å². The van der Waals surface area contributed by atoms with Crippen molar-refractivity contribution in [2.45, 2.75) is 89.8 Å². The Morgan fingerprint density at radius 2 is 1.00 bits per heavy atom. The van der Waals surface area contributed by atoms with Gasteiger partial charge in [0, 0.05) is 6.61 Å². The fraction of sp³-hybridized carbons (Fsp3) is 1.00. The molecule has 0 aromatic carbocycles. The molecular weight excluding hydrogens is 260 g/mol. The highest BCUT2D eigenvalue weighted by Gasteiger charge is 2.15. The van der Waals surface area contributed by atoms with Crippen molar-refractivity contribution < 1.29 is 5.11 Å². The van der Waals surface area contributed by atoms with Gasteiger partial charge in [0.05, 0.1) is 0 Å². The minimum atomic E-state index is -1.30. The van der Waals surface area contributed by atoms with E-state index in [-0.39, 0.29) is 0 Å². The molecule has 3 heteroatoms. The number of aliphatic hydroxyl groups excluding tert-OH is 1. The molecule has 0 unspecified atom stereocenters. The number of hydrogen-bond donors (Lipinski definition) is 1. The van der Waals surface area contributed by atoms with E-state index in [2.05, 4.69) is 13.1 Å². The summed E-state index contributed by atoms with van der Waals surface area (Å²) in [7, 11) is -1.30. The van der Waals surface area contributed by atoms with Crippen LogP contribution in [0.2, 0.25) is 19.1 Å². The Morgan fingerprint density at radius 3 is 1.33 bits per heavy atom.